The molecule has 148 valence electrons. The lowest BCUT2D eigenvalue weighted by molar-refractivity contribution is -0.129. The van der Waals surface area contributed by atoms with Crippen LogP contribution in [0.5, 0.6) is 0 Å². The molecule has 5 nitrogen and oxygen atoms in total. The molecule has 0 fully saturated rings. The van der Waals surface area contributed by atoms with Crippen LogP contribution >= 0.6 is 0 Å². The van der Waals surface area contributed by atoms with Crippen LogP contribution in [-0.2, 0) is 21.4 Å². The first kappa shape index (κ1) is 20.1. The Balaban J connectivity index is 1.86. The van der Waals surface area contributed by atoms with Crippen molar-refractivity contribution in [3.63, 3.8) is 0 Å². The molecule has 0 aromatic heterocycles. The van der Waals surface area contributed by atoms with Crippen molar-refractivity contribution < 1.29 is 9.59 Å². The minimum atomic E-state index is -0.863. The zero-order valence-corrected chi connectivity index (χ0v) is 16.9. The van der Waals surface area contributed by atoms with Gasteiger partial charge in [-0.1, -0.05) is 48.5 Å². The second-order valence-corrected chi connectivity index (χ2v) is 7.81. The van der Waals surface area contributed by atoms with E-state index in [1.807, 2.05) is 68.7 Å². The molecule has 0 aliphatic carbocycles. The standard InChI is InChI=1S/C23H29N3O2/c1-25(2)15-9-14-24-21(27)17-23(16-18-10-5-4-6-11-18)19-12-7-8-13-20(19)26(3)22(23)28/h4-8,10-13H,9,14-17H2,1-3H3,(H,24,27). The number of nitrogens with zero attached hydrogens (tertiary/aromatic N) is 2. The summed E-state index contributed by atoms with van der Waals surface area (Å²) in [6.07, 6.45) is 1.55. The Kier molecular flexibility index (Phi) is 6.15. The van der Waals surface area contributed by atoms with Crippen molar-refractivity contribution in [1.29, 1.82) is 0 Å². The zero-order chi connectivity index (χ0) is 20.1. The Bertz CT molecular complexity index is 835. The van der Waals surface area contributed by atoms with Gasteiger partial charge in [-0.05, 0) is 50.7 Å². The minimum absolute atomic E-state index is 0.0130. The first-order chi connectivity index (χ1) is 13.4. The predicted molar refractivity (Wildman–Crippen MR) is 112 cm³/mol. The monoisotopic (exact) mass is 379 g/mol. The van der Waals surface area contributed by atoms with Gasteiger partial charge in [0, 0.05) is 25.7 Å². The lowest BCUT2D eigenvalue weighted by Crippen LogP contribution is -2.44. The first-order valence-electron chi connectivity index (χ1n) is 9.77. The van der Waals surface area contributed by atoms with E-state index in [4.69, 9.17) is 0 Å². The van der Waals surface area contributed by atoms with Gasteiger partial charge in [-0.25, -0.2) is 0 Å². The second-order valence-electron chi connectivity index (χ2n) is 7.81. The van der Waals surface area contributed by atoms with Gasteiger partial charge in [0.15, 0.2) is 0 Å². The number of likely N-dealkylation sites (N-methyl/N-ethyl adjacent to an activating group) is 1. The van der Waals surface area contributed by atoms with Crippen molar-refractivity contribution in [3.8, 4) is 0 Å². The maximum absolute atomic E-state index is 13.4. The molecule has 2 aromatic rings. The van der Waals surface area contributed by atoms with E-state index in [-0.39, 0.29) is 18.2 Å². The Morgan fingerprint density at radius 3 is 2.46 bits per heavy atom. The van der Waals surface area contributed by atoms with E-state index in [9.17, 15) is 9.59 Å². The molecule has 1 aliphatic rings. The van der Waals surface area contributed by atoms with Crippen LogP contribution in [0.3, 0.4) is 0 Å². The average molecular weight is 380 g/mol. The third-order valence-corrected chi connectivity index (χ3v) is 5.41. The number of rotatable bonds is 8. The fourth-order valence-corrected chi connectivity index (χ4v) is 4.02. The maximum Gasteiger partial charge on any atom is 0.238 e. The van der Waals surface area contributed by atoms with Gasteiger partial charge in [-0.3, -0.25) is 9.59 Å². The Morgan fingerprint density at radius 1 is 1.07 bits per heavy atom. The van der Waals surface area contributed by atoms with Gasteiger partial charge in [-0.15, -0.1) is 0 Å². The molecule has 5 heteroatoms. The molecule has 1 N–H and O–H groups in total. The highest BCUT2D eigenvalue weighted by molar-refractivity contribution is 6.09. The molecule has 0 saturated heterocycles. The number of benzene rings is 2. The van der Waals surface area contributed by atoms with E-state index in [2.05, 4.69) is 10.2 Å². The maximum atomic E-state index is 13.4. The Labute approximate surface area is 167 Å². The number of para-hydroxylation sites is 1. The molecule has 1 unspecified atom stereocenters. The van der Waals surface area contributed by atoms with Gasteiger partial charge in [0.05, 0.1) is 5.41 Å². The number of nitrogens with one attached hydrogen (secondary N) is 1. The quantitative estimate of drug-likeness (QED) is 0.718. The molecule has 1 aliphatic heterocycles. The van der Waals surface area contributed by atoms with Crippen molar-refractivity contribution >= 4 is 17.5 Å². The minimum Gasteiger partial charge on any atom is -0.356 e. The molecule has 0 radical (unpaired) electrons. The highest BCUT2D eigenvalue weighted by Gasteiger charge is 2.50. The smallest absolute Gasteiger partial charge is 0.238 e. The average Bonchev–Trinajstić information content (AvgIpc) is 2.88. The van der Waals surface area contributed by atoms with Gasteiger partial charge in [-0.2, -0.15) is 0 Å². The normalized spacial score (nSPS) is 18.4. The summed E-state index contributed by atoms with van der Waals surface area (Å²) >= 11 is 0. The topological polar surface area (TPSA) is 52.7 Å². The van der Waals surface area contributed by atoms with E-state index in [1.54, 1.807) is 11.9 Å². The fraction of sp³-hybridized carbons (Fsp3) is 0.391. The number of amides is 2. The predicted octanol–water partition coefficient (Wildman–Crippen LogP) is 2.60. The van der Waals surface area contributed by atoms with Crippen LogP contribution in [0.25, 0.3) is 0 Å². The largest absolute Gasteiger partial charge is 0.356 e. The molecule has 2 amide bonds. The van der Waals surface area contributed by atoms with Crippen molar-refractivity contribution in [2.45, 2.75) is 24.7 Å². The van der Waals surface area contributed by atoms with Crippen molar-refractivity contribution in [3.05, 3.63) is 65.7 Å². The number of hydrogen-bond acceptors (Lipinski definition) is 3. The summed E-state index contributed by atoms with van der Waals surface area (Å²) in [5.41, 5.74) is 2.03. The summed E-state index contributed by atoms with van der Waals surface area (Å²) < 4.78 is 0. The molecule has 0 bridgehead atoms. The SMILES string of the molecule is CN(C)CCCNC(=O)CC1(Cc2ccccc2)C(=O)N(C)c2ccccc21. The van der Waals surface area contributed by atoms with E-state index >= 15 is 0 Å². The van der Waals surface area contributed by atoms with Gasteiger partial charge in [0.1, 0.15) is 0 Å². The number of carbonyl (C=O) groups is 2. The summed E-state index contributed by atoms with van der Waals surface area (Å²) in [6, 6.07) is 17.8. The van der Waals surface area contributed by atoms with Crippen LogP contribution < -0.4 is 10.2 Å². The molecule has 1 heterocycles. The van der Waals surface area contributed by atoms with Crippen molar-refractivity contribution in [2.75, 3.05) is 39.1 Å². The van der Waals surface area contributed by atoms with E-state index < -0.39 is 5.41 Å². The van der Waals surface area contributed by atoms with E-state index in [0.29, 0.717) is 13.0 Å². The Morgan fingerprint density at radius 2 is 1.75 bits per heavy atom. The number of carbonyl (C=O) groups excluding carboxylic acids is 2. The molecule has 3 rings (SSSR count). The molecule has 28 heavy (non-hydrogen) atoms. The number of fused-ring (bicyclic) bond motifs is 1. The summed E-state index contributed by atoms with van der Waals surface area (Å²) in [5, 5.41) is 3.01. The molecule has 2 aromatic carbocycles. The van der Waals surface area contributed by atoms with Crippen LogP contribution in [0, 0.1) is 0 Å². The van der Waals surface area contributed by atoms with E-state index in [0.717, 1.165) is 29.8 Å². The molecular weight excluding hydrogens is 350 g/mol. The third-order valence-electron chi connectivity index (χ3n) is 5.41. The molecule has 0 spiro atoms. The highest BCUT2D eigenvalue weighted by Crippen LogP contribution is 2.45. The van der Waals surface area contributed by atoms with Crippen LogP contribution in [0.1, 0.15) is 24.0 Å². The van der Waals surface area contributed by atoms with Gasteiger partial charge in [0.2, 0.25) is 11.8 Å². The number of anilines is 1. The van der Waals surface area contributed by atoms with Crippen LogP contribution in [0.2, 0.25) is 0 Å². The molecule has 0 saturated carbocycles. The summed E-state index contributed by atoms with van der Waals surface area (Å²) in [4.78, 5) is 30.0. The van der Waals surface area contributed by atoms with Crippen LogP contribution in [0.4, 0.5) is 5.69 Å². The van der Waals surface area contributed by atoms with Gasteiger partial charge < -0.3 is 15.1 Å². The molecular formula is C23H29N3O2. The van der Waals surface area contributed by atoms with E-state index in [1.165, 1.54) is 0 Å². The molecule has 1 atom stereocenters. The first-order valence-corrected chi connectivity index (χ1v) is 9.77. The highest BCUT2D eigenvalue weighted by atomic mass is 16.2. The summed E-state index contributed by atoms with van der Waals surface area (Å²) in [5.74, 6) is -0.0888. The summed E-state index contributed by atoms with van der Waals surface area (Å²) in [7, 11) is 5.82. The van der Waals surface area contributed by atoms with Crippen LogP contribution in [0.15, 0.2) is 54.6 Å². The lowest BCUT2D eigenvalue weighted by atomic mass is 9.73. The Hall–Kier alpha value is -2.66. The van der Waals surface area contributed by atoms with Crippen LogP contribution in [-0.4, -0.2) is 50.9 Å². The zero-order valence-electron chi connectivity index (χ0n) is 16.9. The third kappa shape index (κ3) is 4.09. The van der Waals surface area contributed by atoms with Gasteiger partial charge in [0.25, 0.3) is 0 Å². The van der Waals surface area contributed by atoms with Gasteiger partial charge >= 0.3 is 0 Å². The van der Waals surface area contributed by atoms with Crippen molar-refractivity contribution in [1.82, 2.24) is 10.2 Å². The number of hydrogen-bond donors (Lipinski definition) is 1. The van der Waals surface area contributed by atoms with Crippen molar-refractivity contribution in [2.24, 2.45) is 0 Å². The lowest BCUT2D eigenvalue weighted by Gasteiger charge is -2.28. The summed E-state index contributed by atoms with van der Waals surface area (Å²) in [6.45, 7) is 1.53. The second kappa shape index (κ2) is 8.57. The fourth-order valence-electron chi connectivity index (χ4n) is 4.02.